The molecule has 0 aromatic rings. The topological polar surface area (TPSA) is 18.5 Å². The lowest BCUT2D eigenvalue weighted by Crippen LogP contribution is -2.51. The Kier molecular flexibility index (Phi) is 5.07. The van der Waals surface area contributed by atoms with Gasteiger partial charge in [0.05, 0.1) is 0 Å². The molecule has 2 fully saturated rings. The second kappa shape index (κ2) is 6.58. The van der Waals surface area contributed by atoms with Crippen LogP contribution in [0.3, 0.4) is 0 Å². The molecule has 2 heterocycles. The molecule has 3 heteroatoms. The molecular formula is C13H27N3. The van der Waals surface area contributed by atoms with Crippen LogP contribution in [0.1, 0.15) is 32.6 Å². The van der Waals surface area contributed by atoms with Gasteiger partial charge in [-0.3, -0.25) is 9.80 Å². The summed E-state index contributed by atoms with van der Waals surface area (Å²) in [6.07, 6.45) is 5.47. The van der Waals surface area contributed by atoms with Crippen LogP contribution in [-0.2, 0) is 0 Å². The van der Waals surface area contributed by atoms with Crippen molar-refractivity contribution in [2.45, 2.75) is 38.6 Å². The smallest absolute Gasteiger partial charge is 0.0224 e. The molecule has 2 rings (SSSR count). The van der Waals surface area contributed by atoms with E-state index < -0.39 is 0 Å². The second-order valence-corrected chi connectivity index (χ2v) is 5.24. The third-order valence-electron chi connectivity index (χ3n) is 3.98. The standard InChI is InChI=1S/C13H27N3/c1-2-3-6-14-7-9-15-10-11-16-8-4-5-13(16)12-15/h13-14H,2-12H2,1H3. The van der Waals surface area contributed by atoms with Crippen molar-refractivity contribution >= 4 is 0 Å². The molecule has 0 aromatic carbocycles. The number of piperazine rings is 1. The molecule has 1 N–H and O–H groups in total. The van der Waals surface area contributed by atoms with E-state index in [9.17, 15) is 0 Å². The summed E-state index contributed by atoms with van der Waals surface area (Å²) in [5.41, 5.74) is 0. The fraction of sp³-hybridized carbons (Fsp3) is 1.00. The van der Waals surface area contributed by atoms with E-state index in [1.165, 1.54) is 71.5 Å². The molecule has 0 radical (unpaired) electrons. The lowest BCUT2D eigenvalue weighted by Gasteiger charge is -2.37. The van der Waals surface area contributed by atoms with Gasteiger partial charge in [-0.2, -0.15) is 0 Å². The fourth-order valence-corrected chi connectivity index (χ4v) is 2.92. The van der Waals surface area contributed by atoms with Gasteiger partial charge in [-0.15, -0.1) is 0 Å². The maximum Gasteiger partial charge on any atom is 0.0224 e. The monoisotopic (exact) mass is 225 g/mol. The highest BCUT2D eigenvalue weighted by Gasteiger charge is 2.29. The van der Waals surface area contributed by atoms with Gasteiger partial charge in [0.25, 0.3) is 0 Å². The lowest BCUT2D eigenvalue weighted by atomic mass is 10.1. The molecule has 1 atom stereocenters. The molecule has 0 aliphatic carbocycles. The molecule has 2 aliphatic rings. The molecule has 0 bridgehead atoms. The van der Waals surface area contributed by atoms with Crippen LogP contribution in [0, 0.1) is 0 Å². The van der Waals surface area contributed by atoms with Gasteiger partial charge < -0.3 is 5.32 Å². The van der Waals surface area contributed by atoms with Crippen molar-refractivity contribution in [3.8, 4) is 0 Å². The van der Waals surface area contributed by atoms with E-state index in [1.54, 1.807) is 0 Å². The summed E-state index contributed by atoms with van der Waals surface area (Å²) in [5, 5.41) is 3.54. The van der Waals surface area contributed by atoms with Crippen LogP contribution in [0.25, 0.3) is 0 Å². The molecule has 1 unspecified atom stereocenters. The van der Waals surface area contributed by atoms with Crippen molar-refractivity contribution in [1.82, 2.24) is 15.1 Å². The number of fused-ring (bicyclic) bond motifs is 1. The van der Waals surface area contributed by atoms with Crippen LogP contribution in [0.4, 0.5) is 0 Å². The largest absolute Gasteiger partial charge is 0.315 e. The van der Waals surface area contributed by atoms with Crippen molar-refractivity contribution in [1.29, 1.82) is 0 Å². The Labute approximate surface area is 100 Å². The predicted octanol–water partition coefficient (Wildman–Crippen LogP) is 1.16. The van der Waals surface area contributed by atoms with Crippen LogP contribution in [0.2, 0.25) is 0 Å². The van der Waals surface area contributed by atoms with Gasteiger partial charge in [0.15, 0.2) is 0 Å². The third-order valence-corrected chi connectivity index (χ3v) is 3.98. The van der Waals surface area contributed by atoms with E-state index in [-0.39, 0.29) is 0 Å². The van der Waals surface area contributed by atoms with Gasteiger partial charge in [0, 0.05) is 38.8 Å². The van der Waals surface area contributed by atoms with Crippen LogP contribution in [0.15, 0.2) is 0 Å². The molecule has 0 amide bonds. The quantitative estimate of drug-likeness (QED) is 0.684. The summed E-state index contributed by atoms with van der Waals surface area (Å²) in [6.45, 7) is 11.1. The molecule has 0 spiro atoms. The molecule has 0 aromatic heterocycles. The highest BCUT2D eigenvalue weighted by Crippen LogP contribution is 2.20. The van der Waals surface area contributed by atoms with E-state index >= 15 is 0 Å². The van der Waals surface area contributed by atoms with Gasteiger partial charge >= 0.3 is 0 Å². The van der Waals surface area contributed by atoms with Crippen LogP contribution < -0.4 is 5.32 Å². The molecule has 16 heavy (non-hydrogen) atoms. The first-order valence-corrected chi connectivity index (χ1v) is 7.07. The number of hydrogen-bond acceptors (Lipinski definition) is 3. The third kappa shape index (κ3) is 3.44. The summed E-state index contributed by atoms with van der Waals surface area (Å²) in [4.78, 5) is 5.33. The van der Waals surface area contributed by atoms with Crippen LogP contribution in [0.5, 0.6) is 0 Å². The Hall–Kier alpha value is -0.120. The van der Waals surface area contributed by atoms with Gasteiger partial charge in [-0.25, -0.2) is 0 Å². The number of nitrogens with one attached hydrogen (secondary N) is 1. The number of nitrogens with zero attached hydrogens (tertiary/aromatic N) is 2. The highest BCUT2D eigenvalue weighted by molar-refractivity contribution is 4.86. The summed E-state index contributed by atoms with van der Waals surface area (Å²) in [6, 6.07) is 0.879. The van der Waals surface area contributed by atoms with Crippen molar-refractivity contribution in [2.24, 2.45) is 0 Å². The fourth-order valence-electron chi connectivity index (χ4n) is 2.92. The van der Waals surface area contributed by atoms with E-state index in [0.717, 1.165) is 6.04 Å². The molecule has 2 saturated heterocycles. The molecular weight excluding hydrogens is 198 g/mol. The maximum atomic E-state index is 3.54. The number of rotatable bonds is 6. The minimum atomic E-state index is 0.879. The highest BCUT2D eigenvalue weighted by atomic mass is 15.3. The minimum absolute atomic E-state index is 0.879. The maximum absolute atomic E-state index is 3.54. The Morgan fingerprint density at radius 1 is 1.19 bits per heavy atom. The average molecular weight is 225 g/mol. The van der Waals surface area contributed by atoms with Crippen molar-refractivity contribution in [2.75, 3.05) is 45.8 Å². The van der Waals surface area contributed by atoms with E-state index in [1.807, 2.05) is 0 Å². The molecule has 0 saturated carbocycles. The number of hydrogen-bond donors (Lipinski definition) is 1. The van der Waals surface area contributed by atoms with Crippen molar-refractivity contribution in [3.05, 3.63) is 0 Å². The second-order valence-electron chi connectivity index (χ2n) is 5.24. The van der Waals surface area contributed by atoms with E-state index in [0.29, 0.717) is 0 Å². The van der Waals surface area contributed by atoms with Crippen LogP contribution >= 0.6 is 0 Å². The predicted molar refractivity (Wildman–Crippen MR) is 68.8 cm³/mol. The van der Waals surface area contributed by atoms with Gasteiger partial charge in [-0.05, 0) is 32.4 Å². The lowest BCUT2D eigenvalue weighted by molar-refractivity contribution is 0.105. The normalized spacial score (nSPS) is 27.2. The summed E-state index contributed by atoms with van der Waals surface area (Å²) in [7, 11) is 0. The zero-order valence-corrected chi connectivity index (χ0v) is 10.7. The van der Waals surface area contributed by atoms with Crippen molar-refractivity contribution < 1.29 is 0 Å². The van der Waals surface area contributed by atoms with Gasteiger partial charge in [0.1, 0.15) is 0 Å². The minimum Gasteiger partial charge on any atom is -0.315 e. The van der Waals surface area contributed by atoms with Gasteiger partial charge in [0.2, 0.25) is 0 Å². The van der Waals surface area contributed by atoms with Gasteiger partial charge in [-0.1, -0.05) is 13.3 Å². The molecule has 2 aliphatic heterocycles. The van der Waals surface area contributed by atoms with Crippen LogP contribution in [-0.4, -0.2) is 61.7 Å². The average Bonchev–Trinajstić information content (AvgIpc) is 2.76. The Bertz CT molecular complexity index is 196. The Morgan fingerprint density at radius 2 is 2.12 bits per heavy atom. The van der Waals surface area contributed by atoms with Crippen molar-refractivity contribution in [3.63, 3.8) is 0 Å². The SMILES string of the molecule is CCCCNCCN1CCN2CCCC2C1. The Morgan fingerprint density at radius 3 is 3.00 bits per heavy atom. The first kappa shape index (κ1) is 12.3. The first-order chi connectivity index (χ1) is 7.90. The zero-order chi connectivity index (χ0) is 11.2. The molecule has 94 valence electrons. The summed E-state index contributed by atoms with van der Waals surface area (Å²) in [5.74, 6) is 0. The summed E-state index contributed by atoms with van der Waals surface area (Å²) < 4.78 is 0. The zero-order valence-electron chi connectivity index (χ0n) is 10.7. The summed E-state index contributed by atoms with van der Waals surface area (Å²) >= 11 is 0. The Balaban J connectivity index is 1.56. The number of unbranched alkanes of at least 4 members (excludes halogenated alkanes) is 1. The first-order valence-electron chi connectivity index (χ1n) is 7.07. The van der Waals surface area contributed by atoms with E-state index in [2.05, 4.69) is 22.0 Å². The van der Waals surface area contributed by atoms with E-state index in [4.69, 9.17) is 0 Å². The molecule has 3 nitrogen and oxygen atoms in total.